The Morgan fingerprint density at radius 2 is 1.93 bits per heavy atom. The molecule has 9 heteroatoms. The molecule has 0 atom stereocenters. The van der Waals surface area contributed by atoms with Crippen molar-refractivity contribution in [2.24, 2.45) is 4.99 Å². The van der Waals surface area contributed by atoms with Gasteiger partial charge in [-0.1, -0.05) is 19.1 Å². The zero-order valence-corrected chi connectivity index (χ0v) is 16.7. The maximum atomic E-state index is 13.0. The van der Waals surface area contributed by atoms with Crippen molar-refractivity contribution in [1.29, 1.82) is 0 Å². The first kappa shape index (κ1) is 21.3. The van der Waals surface area contributed by atoms with E-state index >= 15 is 0 Å². The van der Waals surface area contributed by atoms with E-state index in [0.717, 1.165) is 17.8 Å². The SMILES string of the molecule is CCc1nncn1CCNC(=NCC(=O)N(C)C)NCCc1ccc(F)cc1. The highest BCUT2D eigenvalue weighted by molar-refractivity contribution is 5.84. The van der Waals surface area contributed by atoms with Crippen LogP contribution in [0.15, 0.2) is 35.6 Å². The molecule has 1 amide bonds. The third-order valence-corrected chi connectivity index (χ3v) is 4.15. The maximum Gasteiger partial charge on any atom is 0.243 e. The van der Waals surface area contributed by atoms with Crippen molar-refractivity contribution in [3.05, 3.63) is 47.8 Å². The van der Waals surface area contributed by atoms with Gasteiger partial charge in [-0.05, 0) is 24.1 Å². The van der Waals surface area contributed by atoms with Gasteiger partial charge in [-0.15, -0.1) is 10.2 Å². The Balaban J connectivity index is 1.89. The first-order valence-corrected chi connectivity index (χ1v) is 9.33. The molecule has 0 aliphatic heterocycles. The minimum absolute atomic E-state index is 0.0612. The molecule has 28 heavy (non-hydrogen) atoms. The molecule has 2 aromatic rings. The predicted molar refractivity (Wildman–Crippen MR) is 107 cm³/mol. The van der Waals surface area contributed by atoms with Crippen LogP contribution in [0.25, 0.3) is 0 Å². The number of aromatic nitrogens is 3. The third kappa shape index (κ3) is 6.98. The maximum absolute atomic E-state index is 13.0. The van der Waals surface area contributed by atoms with Gasteiger partial charge in [0.2, 0.25) is 5.91 Å². The normalized spacial score (nSPS) is 11.4. The molecule has 0 aliphatic carbocycles. The number of amides is 1. The second kappa shape index (κ2) is 11.0. The van der Waals surface area contributed by atoms with E-state index in [-0.39, 0.29) is 18.3 Å². The molecule has 0 fully saturated rings. The molecule has 0 saturated heterocycles. The smallest absolute Gasteiger partial charge is 0.243 e. The Morgan fingerprint density at radius 1 is 1.21 bits per heavy atom. The zero-order chi connectivity index (χ0) is 20.4. The summed E-state index contributed by atoms with van der Waals surface area (Å²) >= 11 is 0. The number of nitrogens with one attached hydrogen (secondary N) is 2. The van der Waals surface area contributed by atoms with Crippen LogP contribution in [-0.4, -0.2) is 65.3 Å². The highest BCUT2D eigenvalue weighted by Crippen LogP contribution is 2.02. The van der Waals surface area contributed by atoms with Crippen LogP contribution in [0.5, 0.6) is 0 Å². The standard InChI is InChI=1S/C19H28FN7O/c1-4-17-25-24-14-27(17)12-11-22-19(23-13-18(28)26(2)3)21-10-9-15-5-7-16(20)8-6-15/h5-8,14H,4,9-13H2,1-3H3,(H2,21,22,23). The average molecular weight is 389 g/mol. The summed E-state index contributed by atoms with van der Waals surface area (Å²) < 4.78 is 15.0. The molecule has 0 radical (unpaired) electrons. The number of carbonyl (C=O) groups is 1. The Hall–Kier alpha value is -2.97. The number of rotatable bonds is 9. The van der Waals surface area contributed by atoms with Crippen LogP contribution in [-0.2, 0) is 24.2 Å². The lowest BCUT2D eigenvalue weighted by molar-refractivity contribution is -0.127. The van der Waals surface area contributed by atoms with Gasteiger partial charge in [0.25, 0.3) is 0 Å². The van der Waals surface area contributed by atoms with Gasteiger partial charge in [0.05, 0.1) is 0 Å². The number of aryl methyl sites for hydroxylation is 1. The molecular weight excluding hydrogens is 361 g/mol. The van der Waals surface area contributed by atoms with E-state index in [1.54, 1.807) is 32.6 Å². The van der Waals surface area contributed by atoms with Gasteiger partial charge in [0.1, 0.15) is 24.5 Å². The van der Waals surface area contributed by atoms with Crippen LogP contribution in [0.1, 0.15) is 18.3 Å². The topological polar surface area (TPSA) is 87.4 Å². The summed E-state index contributed by atoms with van der Waals surface area (Å²) in [6.45, 7) is 4.01. The number of hydrogen-bond donors (Lipinski definition) is 2. The van der Waals surface area contributed by atoms with Crippen molar-refractivity contribution in [3.8, 4) is 0 Å². The summed E-state index contributed by atoms with van der Waals surface area (Å²) in [4.78, 5) is 17.7. The van der Waals surface area contributed by atoms with Crippen LogP contribution in [0.4, 0.5) is 4.39 Å². The van der Waals surface area contributed by atoms with Crippen LogP contribution in [0, 0.1) is 5.82 Å². The Kier molecular flexibility index (Phi) is 8.38. The number of hydrogen-bond acceptors (Lipinski definition) is 4. The van der Waals surface area contributed by atoms with E-state index < -0.39 is 0 Å². The summed E-state index contributed by atoms with van der Waals surface area (Å²) in [5, 5.41) is 14.4. The minimum Gasteiger partial charge on any atom is -0.356 e. The fourth-order valence-electron chi connectivity index (χ4n) is 2.47. The molecule has 0 saturated carbocycles. The third-order valence-electron chi connectivity index (χ3n) is 4.15. The first-order chi connectivity index (χ1) is 13.5. The van der Waals surface area contributed by atoms with E-state index in [1.165, 1.54) is 17.0 Å². The molecule has 0 aliphatic rings. The summed E-state index contributed by atoms with van der Waals surface area (Å²) in [7, 11) is 3.40. The van der Waals surface area contributed by atoms with Crippen molar-refractivity contribution in [2.75, 3.05) is 33.7 Å². The number of aliphatic imine (C=N–C) groups is 1. The van der Waals surface area contributed by atoms with E-state index in [2.05, 4.69) is 25.8 Å². The average Bonchev–Trinajstić information content (AvgIpc) is 3.14. The zero-order valence-electron chi connectivity index (χ0n) is 16.7. The highest BCUT2D eigenvalue weighted by Gasteiger charge is 2.06. The molecule has 0 bridgehead atoms. The number of carbonyl (C=O) groups excluding carboxylic acids is 1. The number of benzene rings is 1. The van der Waals surface area contributed by atoms with Crippen LogP contribution < -0.4 is 10.6 Å². The van der Waals surface area contributed by atoms with Crippen molar-refractivity contribution < 1.29 is 9.18 Å². The van der Waals surface area contributed by atoms with Gasteiger partial charge in [-0.25, -0.2) is 9.38 Å². The molecule has 1 aromatic carbocycles. The monoisotopic (exact) mass is 389 g/mol. The van der Waals surface area contributed by atoms with Crippen molar-refractivity contribution in [3.63, 3.8) is 0 Å². The number of likely N-dealkylation sites (N-methyl/N-ethyl adjacent to an activating group) is 1. The Morgan fingerprint density at radius 3 is 2.61 bits per heavy atom. The lowest BCUT2D eigenvalue weighted by Gasteiger charge is -2.14. The van der Waals surface area contributed by atoms with E-state index in [4.69, 9.17) is 0 Å². The molecular formula is C19H28FN7O. The molecule has 1 aromatic heterocycles. The summed E-state index contributed by atoms with van der Waals surface area (Å²) in [6.07, 6.45) is 3.23. The molecule has 152 valence electrons. The van der Waals surface area contributed by atoms with Gasteiger partial charge in [0, 0.05) is 40.2 Å². The largest absolute Gasteiger partial charge is 0.356 e. The molecule has 0 unspecified atom stereocenters. The Bertz CT molecular complexity index is 771. The predicted octanol–water partition coefficient (Wildman–Crippen LogP) is 0.846. The van der Waals surface area contributed by atoms with Gasteiger partial charge in [-0.2, -0.15) is 0 Å². The van der Waals surface area contributed by atoms with E-state index in [1.807, 2.05) is 11.5 Å². The van der Waals surface area contributed by atoms with Gasteiger partial charge in [-0.3, -0.25) is 4.79 Å². The van der Waals surface area contributed by atoms with Crippen molar-refractivity contribution in [1.82, 2.24) is 30.3 Å². The second-order valence-corrected chi connectivity index (χ2v) is 6.48. The van der Waals surface area contributed by atoms with Gasteiger partial charge in [0.15, 0.2) is 5.96 Å². The number of guanidine groups is 1. The Labute approximate surface area is 164 Å². The van der Waals surface area contributed by atoms with Crippen LogP contribution in [0.3, 0.4) is 0 Å². The summed E-state index contributed by atoms with van der Waals surface area (Å²) in [6, 6.07) is 6.41. The van der Waals surface area contributed by atoms with E-state index in [0.29, 0.717) is 32.0 Å². The molecule has 2 N–H and O–H groups in total. The van der Waals surface area contributed by atoms with Crippen LogP contribution >= 0.6 is 0 Å². The molecule has 1 heterocycles. The quantitative estimate of drug-likeness (QED) is 0.490. The highest BCUT2D eigenvalue weighted by atomic mass is 19.1. The van der Waals surface area contributed by atoms with Gasteiger partial charge >= 0.3 is 0 Å². The minimum atomic E-state index is -0.247. The van der Waals surface area contributed by atoms with Crippen molar-refractivity contribution >= 4 is 11.9 Å². The lowest BCUT2D eigenvalue weighted by Crippen LogP contribution is -2.40. The van der Waals surface area contributed by atoms with Crippen molar-refractivity contribution in [2.45, 2.75) is 26.3 Å². The molecule has 8 nitrogen and oxygen atoms in total. The second-order valence-electron chi connectivity index (χ2n) is 6.48. The summed E-state index contributed by atoms with van der Waals surface area (Å²) in [5.74, 6) is 1.16. The molecule has 0 spiro atoms. The summed E-state index contributed by atoms with van der Waals surface area (Å²) in [5.41, 5.74) is 1.02. The van der Waals surface area contributed by atoms with Crippen LogP contribution in [0.2, 0.25) is 0 Å². The fraction of sp³-hybridized carbons (Fsp3) is 0.474. The fourth-order valence-corrected chi connectivity index (χ4v) is 2.47. The molecule has 2 rings (SSSR count). The number of halogens is 1. The lowest BCUT2D eigenvalue weighted by atomic mass is 10.1. The first-order valence-electron chi connectivity index (χ1n) is 9.33. The van der Waals surface area contributed by atoms with E-state index in [9.17, 15) is 9.18 Å². The number of nitrogens with zero attached hydrogens (tertiary/aromatic N) is 5. The van der Waals surface area contributed by atoms with Gasteiger partial charge < -0.3 is 20.1 Å².